The molecule has 1 saturated carbocycles. The van der Waals surface area contributed by atoms with E-state index in [1.807, 2.05) is 0 Å². The molecule has 4 heteroatoms. The Balaban J connectivity index is 1.16. The zero-order valence-electron chi connectivity index (χ0n) is 37.4. The lowest BCUT2D eigenvalue weighted by atomic mass is 9.15. The van der Waals surface area contributed by atoms with Crippen LogP contribution in [0.1, 0.15) is 60.8 Å². The van der Waals surface area contributed by atoms with E-state index in [2.05, 4.69) is 121 Å². The molecule has 4 unspecified atom stereocenters. The summed E-state index contributed by atoms with van der Waals surface area (Å²) in [5, 5.41) is 34.3. The van der Waals surface area contributed by atoms with Crippen LogP contribution in [0.4, 0.5) is 0 Å². The number of fused-ring (bicyclic) bond motifs is 3. The van der Waals surface area contributed by atoms with Gasteiger partial charge < -0.3 is 9.47 Å². The average Bonchev–Trinajstić information content (AvgIpc) is 4.21. The molecule has 0 saturated heterocycles. The highest BCUT2D eigenvalue weighted by atomic mass is 16.5. The van der Waals surface area contributed by atoms with Crippen LogP contribution < -0.4 is 10.4 Å². The number of carbonyl (C=O) groups excluding carboxylic acids is 2. The van der Waals surface area contributed by atoms with Crippen LogP contribution in [-0.2, 0) is 40.7 Å². The molecule has 318 valence electrons. The minimum Gasteiger partial charge on any atom is -0.469 e. The number of allylic oxidation sites excluding steroid dienone is 2. The van der Waals surface area contributed by atoms with Crippen molar-refractivity contribution in [2.24, 2.45) is 0 Å². The lowest BCUT2D eigenvalue weighted by molar-refractivity contribution is -0.143. The van der Waals surface area contributed by atoms with E-state index < -0.39 is 21.7 Å². The standard InChI is InChI=1S/C64H38O4/c1-67-41(65)15-9-27-61(29-11-5-3-6-12-29)62(28-10-16-42(66)68-2,30-13-7-4-8-14-30)64-40-26-25-39-37-23-21-35-33-19-17-31-32-18-20-34-36-22-24-38(40)50-48(36)53-46(34)44(32)51-43(31)45(33)52-47(35)49(37)59(63(39,61)64)57-55(52)54(51)56(53)58(57)60(50)64/h3-8,11-14,17-26H,9-10,15-16,27-28H2,1-2H3. The number of benzene rings is 10. The first kappa shape index (κ1) is 34.7. The van der Waals surface area contributed by atoms with Crippen molar-refractivity contribution >= 4 is 142 Å². The molecule has 0 aliphatic heterocycles. The Hall–Kier alpha value is -7.56. The summed E-state index contributed by atoms with van der Waals surface area (Å²) >= 11 is 0. The molecule has 14 aromatic carbocycles. The van der Waals surface area contributed by atoms with Crippen LogP contribution in [0.15, 0.2) is 121 Å². The van der Waals surface area contributed by atoms with E-state index in [4.69, 9.17) is 9.47 Å². The Labute approximate surface area is 387 Å². The van der Waals surface area contributed by atoms with E-state index in [9.17, 15) is 9.59 Å². The van der Waals surface area contributed by atoms with Crippen molar-refractivity contribution in [2.45, 2.75) is 60.2 Å². The summed E-state index contributed by atoms with van der Waals surface area (Å²) in [6.07, 6.45) is 8.56. The number of methoxy groups -OCH3 is 2. The fourth-order valence-electron chi connectivity index (χ4n) is 19.1. The predicted octanol–water partition coefficient (Wildman–Crippen LogP) is 12.8. The molecule has 1 fully saturated rings. The van der Waals surface area contributed by atoms with Gasteiger partial charge in [-0.2, -0.15) is 0 Å². The smallest absolute Gasteiger partial charge is 0.305 e. The van der Waals surface area contributed by atoms with E-state index in [1.165, 1.54) is 177 Å². The van der Waals surface area contributed by atoms with E-state index >= 15 is 0 Å². The fourth-order valence-corrected chi connectivity index (χ4v) is 19.1. The van der Waals surface area contributed by atoms with Gasteiger partial charge in [-0.05, 0) is 188 Å². The topological polar surface area (TPSA) is 52.6 Å². The molecular weight excluding hydrogens is 833 g/mol. The van der Waals surface area contributed by atoms with Gasteiger partial charge in [0, 0.05) is 34.5 Å². The third-order valence-corrected chi connectivity index (χ3v) is 20.2. The highest BCUT2D eigenvalue weighted by molar-refractivity contribution is 6.64. The van der Waals surface area contributed by atoms with Crippen LogP contribution in [0.5, 0.6) is 0 Å². The molecule has 5 aliphatic carbocycles. The quantitative estimate of drug-likeness (QED) is 0.101. The molecule has 0 N–H and O–H groups in total. The van der Waals surface area contributed by atoms with Gasteiger partial charge in [-0.3, -0.25) is 9.59 Å². The van der Waals surface area contributed by atoms with Gasteiger partial charge >= 0.3 is 11.9 Å². The third kappa shape index (κ3) is 2.78. The second-order valence-corrected chi connectivity index (χ2v) is 21.5. The summed E-state index contributed by atoms with van der Waals surface area (Å²) in [6, 6.07) is 42.7. The van der Waals surface area contributed by atoms with Crippen LogP contribution in [0.25, 0.3) is 130 Å². The summed E-state index contributed by atoms with van der Waals surface area (Å²) in [4.78, 5) is 27.0. The average molecular weight is 871 g/mol. The van der Waals surface area contributed by atoms with Crippen LogP contribution in [0.3, 0.4) is 0 Å². The normalized spacial score (nSPS) is 24.3. The van der Waals surface area contributed by atoms with Crippen molar-refractivity contribution in [3.63, 3.8) is 0 Å². The second kappa shape index (κ2) is 10.3. The molecule has 14 aromatic rings. The fraction of sp³-hybridized carbons (Fsp3) is 0.188. The number of hydrogen-bond donors (Lipinski definition) is 0. The summed E-state index contributed by atoms with van der Waals surface area (Å²) in [7, 11) is 3.04. The zero-order valence-corrected chi connectivity index (χ0v) is 37.4. The zero-order chi connectivity index (χ0) is 44.3. The monoisotopic (exact) mass is 870 g/mol. The maximum Gasteiger partial charge on any atom is 0.305 e. The molecular formula is C64H38O4. The van der Waals surface area contributed by atoms with Gasteiger partial charge in [0.25, 0.3) is 0 Å². The van der Waals surface area contributed by atoms with Gasteiger partial charge in [0.15, 0.2) is 0 Å². The Morgan fingerprint density at radius 1 is 0.382 bits per heavy atom. The number of carbonyl (C=O) groups is 2. The molecule has 0 amide bonds. The molecule has 2 spiro atoms. The molecule has 68 heavy (non-hydrogen) atoms. The van der Waals surface area contributed by atoms with Crippen molar-refractivity contribution in [3.05, 3.63) is 154 Å². The van der Waals surface area contributed by atoms with Crippen molar-refractivity contribution < 1.29 is 19.1 Å². The molecule has 4 atom stereocenters. The predicted molar refractivity (Wildman–Crippen MR) is 275 cm³/mol. The minimum atomic E-state index is -0.610. The van der Waals surface area contributed by atoms with Gasteiger partial charge in [0.1, 0.15) is 0 Å². The van der Waals surface area contributed by atoms with Crippen LogP contribution >= 0.6 is 0 Å². The molecule has 0 heterocycles. The van der Waals surface area contributed by atoms with E-state index in [0.29, 0.717) is 25.7 Å². The van der Waals surface area contributed by atoms with Gasteiger partial charge in [0.05, 0.1) is 14.2 Å². The molecule has 0 bridgehead atoms. The van der Waals surface area contributed by atoms with Crippen molar-refractivity contribution in [2.75, 3.05) is 14.2 Å². The SMILES string of the molecule is COC(=O)CCCC1(c2ccccc2)C(CCCC(=O)OC)(c2ccccc2)C23C4=c5ccc6c7ccc8c9ccc%10c%11ccc%12c%13c(c%14c%15c2c5c6c2c7c8c5c9c%10c(c%13%11)c%14c5c%152)C13C=%12C=C4. The Morgan fingerprint density at radius 2 is 0.706 bits per heavy atom. The van der Waals surface area contributed by atoms with E-state index in [1.54, 1.807) is 0 Å². The number of ether oxygens (including phenoxy) is 2. The minimum absolute atomic E-state index is 0.178. The van der Waals surface area contributed by atoms with Gasteiger partial charge in [-0.25, -0.2) is 0 Å². The highest BCUT2D eigenvalue weighted by Crippen LogP contribution is 2.91. The first-order chi connectivity index (χ1) is 33.5. The number of esters is 2. The van der Waals surface area contributed by atoms with Gasteiger partial charge in [-0.15, -0.1) is 0 Å². The van der Waals surface area contributed by atoms with Crippen molar-refractivity contribution in [1.29, 1.82) is 0 Å². The first-order valence-corrected chi connectivity index (χ1v) is 24.7. The summed E-state index contributed by atoms with van der Waals surface area (Å²) in [5.74, 6) is -0.355. The Kier molecular flexibility index (Phi) is 5.25. The van der Waals surface area contributed by atoms with Crippen molar-refractivity contribution in [1.82, 2.24) is 0 Å². The van der Waals surface area contributed by atoms with E-state index in [0.717, 1.165) is 12.8 Å². The third-order valence-electron chi connectivity index (χ3n) is 20.2. The lowest BCUT2D eigenvalue weighted by Gasteiger charge is -2.84. The van der Waals surface area contributed by atoms with Crippen LogP contribution in [-0.4, -0.2) is 26.2 Å². The number of rotatable bonds is 10. The largest absolute Gasteiger partial charge is 0.469 e. The maximum absolute atomic E-state index is 13.5. The molecule has 0 radical (unpaired) electrons. The van der Waals surface area contributed by atoms with Gasteiger partial charge in [-0.1, -0.05) is 121 Å². The van der Waals surface area contributed by atoms with E-state index in [-0.39, 0.29) is 11.9 Å². The van der Waals surface area contributed by atoms with Crippen molar-refractivity contribution in [3.8, 4) is 0 Å². The van der Waals surface area contributed by atoms with Gasteiger partial charge in [0.2, 0.25) is 0 Å². The maximum atomic E-state index is 13.5. The molecule has 0 aromatic heterocycles. The molecule has 19 rings (SSSR count). The summed E-state index contributed by atoms with van der Waals surface area (Å²) in [5.41, 5.74) is 6.06. The Morgan fingerprint density at radius 3 is 1.07 bits per heavy atom. The molecule has 5 aliphatic rings. The van der Waals surface area contributed by atoms with Crippen LogP contribution in [0, 0.1) is 0 Å². The van der Waals surface area contributed by atoms with Crippen LogP contribution in [0.2, 0.25) is 0 Å². The highest BCUT2D eigenvalue weighted by Gasteiger charge is 2.92. The lowest BCUT2D eigenvalue weighted by Crippen LogP contribution is -2.88. The molecule has 4 nitrogen and oxygen atoms in total. The Bertz CT molecular complexity index is 4550. The summed E-state index contributed by atoms with van der Waals surface area (Å²) < 4.78 is 10.9. The first-order valence-electron chi connectivity index (χ1n) is 24.7. The number of hydrogen-bond acceptors (Lipinski definition) is 4. The summed E-state index contributed by atoms with van der Waals surface area (Å²) in [6.45, 7) is 0. The second-order valence-electron chi connectivity index (χ2n) is 21.5.